The fourth-order valence-electron chi connectivity index (χ4n) is 1.34. The number of carbonyl (C=O) groups is 4. The number of amides is 2. The lowest BCUT2D eigenvalue weighted by molar-refractivity contribution is -0.135. The molecule has 0 saturated carbocycles. The smallest absolute Gasteiger partial charge is 0.338 e. The van der Waals surface area contributed by atoms with E-state index in [-0.39, 0.29) is 25.1 Å². The summed E-state index contributed by atoms with van der Waals surface area (Å²) in [6.07, 6.45) is -0.00233. The summed E-state index contributed by atoms with van der Waals surface area (Å²) in [5, 5.41) is 4.75. The van der Waals surface area contributed by atoms with Gasteiger partial charge in [0.25, 0.3) is 0 Å². The van der Waals surface area contributed by atoms with Gasteiger partial charge < -0.3 is 24.7 Å². The lowest BCUT2D eigenvalue weighted by Gasteiger charge is -2.16. The Hall–Kier alpha value is -1.11. The second-order valence-electron chi connectivity index (χ2n) is 4.16. The van der Waals surface area contributed by atoms with E-state index in [9.17, 15) is 19.2 Å². The zero-order valence-corrected chi connectivity index (χ0v) is 13.8. The van der Waals surface area contributed by atoms with E-state index in [1.165, 1.54) is 0 Å². The minimum atomic E-state index is -0.997. The van der Waals surface area contributed by atoms with Crippen molar-refractivity contribution in [1.29, 1.82) is 0 Å². The molecular weight excluding hydrogens is 354 g/mol. The molecule has 0 radical (unpaired) electrons. The average molecular weight is 369 g/mol. The Kier molecular flexibility index (Phi) is 8.45. The Morgan fingerprint density at radius 2 is 1.91 bits per heavy atom. The van der Waals surface area contributed by atoms with Crippen molar-refractivity contribution in [2.24, 2.45) is 5.73 Å². The van der Waals surface area contributed by atoms with Crippen molar-refractivity contribution in [2.75, 3.05) is 12.3 Å². The molecule has 12 heteroatoms. The fraction of sp³-hybridized carbons (Fsp3) is 0.600. The van der Waals surface area contributed by atoms with Gasteiger partial charge in [0.1, 0.15) is 18.6 Å². The Bertz CT molecular complexity index is 450. The van der Waals surface area contributed by atoms with Crippen LogP contribution in [0.4, 0.5) is 0 Å². The van der Waals surface area contributed by atoms with Crippen LogP contribution in [0.15, 0.2) is 0 Å². The van der Waals surface area contributed by atoms with E-state index in [0.29, 0.717) is 22.1 Å². The molecule has 2 amide bonds. The predicted octanol–water partition coefficient (Wildman–Crippen LogP) is -1.06. The van der Waals surface area contributed by atoms with Crippen molar-refractivity contribution in [3.05, 3.63) is 0 Å². The van der Waals surface area contributed by atoms with E-state index < -0.39 is 35.8 Å². The third-order valence-electron chi connectivity index (χ3n) is 2.50. The molecule has 0 aromatic carbocycles. The first-order chi connectivity index (χ1) is 10.4. The molecular formula is C10H15N3O6S3. The molecule has 0 spiro atoms. The van der Waals surface area contributed by atoms with Gasteiger partial charge in [-0.2, -0.15) is 12.6 Å². The van der Waals surface area contributed by atoms with Gasteiger partial charge in [-0.25, -0.2) is 9.59 Å². The van der Waals surface area contributed by atoms with Gasteiger partial charge in [0.2, 0.25) is 11.8 Å². The minimum Gasteiger partial charge on any atom is -0.375 e. The molecule has 1 aliphatic heterocycles. The van der Waals surface area contributed by atoms with Crippen LogP contribution in [0.25, 0.3) is 0 Å². The zero-order chi connectivity index (χ0) is 16.5. The molecule has 0 aromatic rings. The summed E-state index contributed by atoms with van der Waals surface area (Å²) >= 11 is 5.02. The van der Waals surface area contributed by atoms with E-state index >= 15 is 0 Å². The summed E-state index contributed by atoms with van der Waals surface area (Å²) in [6.45, 7) is -0.389. The molecule has 9 nitrogen and oxygen atoms in total. The van der Waals surface area contributed by atoms with Gasteiger partial charge in [0.15, 0.2) is 22.1 Å². The quantitative estimate of drug-likeness (QED) is 0.259. The molecule has 1 aliphatic rings. The second kappa shape index (κ2) is 9.82. The molecule has 2 unspecified atom stereocenters. The highest BCUT2D eigenvalue weighted by Gasteiger charge is 2.23. The Balaban J connectivity index is 2.70. The molecule has 2 atom stereocenters. The van der Waals surface area contributed by atoms with Crippen molar-refractivity contribution < 1.29 is 27.5 Å². The Labute approximate surface area is 140 Å². The number of thiol groups is 1. The summed E-state index contributed by atoms with van der Waals surface area (Å²) < 4.78 is 9.33. The Morgan fingerprint density at radius 1 is 1.23 bits per heavy atom. The number of hydrogen-bond acceptors (Lipinski definition) is 10. The van der Waals surface area contributed by atoms with Gasteiger partial charge in [0.05, 0.1) is 0 Å². The monoisotopic (exact) mass is 369 g/mol. The maximum Gasteiger partial charge on any atom is 0.338 e. The van der Waals surface area contributed by atoms with Crippen LogP contribution < -0.4 is 16.4 Å². The van der Waals surface area contributed by atoms with Gasteiger partial charge in [-0.15, -0.1) is 0 Å². The van der Waals surface area contributed by atoms with Gasteiger partial charge in [0, 0.05) is 12.2 Å². The summed E-state index contributed by atoms with van der Waals surface area (Å²) in [7, 11) is 0. The maximum absolute atomic E-state index is 11.8. The van der Waals surface area contributed by atoms with Crippen LogP contribution >= 0.6 is 34.8 Å². The van der Waals surface area contributed by atoms with Crippen molar-refractivity contribution in [3.63, 3.8) is 0 Å². The molecule has 1 rings (SSSR count). The van der Waals surface area contributed by atoms with Crippen LogP contribution in [0.1, 0.15) is 12.8 Å². The minimum absolute atomic E-state index is 0.0469. The molecule has 1 fully saturated rings. The van der Waals surface area contributed by atoms with Crippen molar-refractivity contribution in [1.82, 2.24) is 10.6 Å². The summed E-state index contributed by atoms with van der Waals surface area (Å²) in [5.41, 5.74) is 5.56. The van der Waals surface area contributed by atoms with Gasteiger partial charge in [-0.05, 0) is 6.42 Å². The lowest BCUT2D eigenvalue weighted by Crippen LogP contribution is -2.49. The standard InChI is InChI=1S/C10H15N3O6S3/c11-5-1-2-7(14)13-6(4-20)9(16)12-3-8(15)18-21-22-19-10(5)17/h5-6,20H,1-4,11H2,(H,12,16)(H,13,14). The average Bonchev–Trinajstić information content (AvgIpc) is 2.51. The van der Waals surface area contributed by atoms with E-state index in [1.807, 2.05) is 0 Å². The van der Waals surface area contributed by atoms with Crippen LogP contribution in [-0.2, 0) is 27.5 Å². The van der Waals surface area contributed by atoms with Crippen LogP contribution in [0.3, 0.4) is 0 Å². The first-order valence-electron chi connectivity index (χ1n) is 6.12. The number of rotatable bonds is 1. The summed E-state index contributed by atoms with van der Waals surface area (Å²) in [5.74, 6) is -2.46. The van der Waals surface area contributed by atoms with Gasteiger partial charge in [-0.3, -0.25) is 9.59 Å². The molecule has 22 heavy (non-hydrogen) atoms. The van der Waals surface area contributed by atoms with Crippen molar-refractivity contribution in [2.45, 2.75) is 24.9 Å². The number of hydrogen-bond donors (Lipinski definition) is 4. The van der Waals surface area contributed by atoms with Crippen LogP contribution in [0, 0.1) is 0 Å². The zero-order valence-electron chi connectivity index (χ0n) is 11.3. The molecule has 124 valence electrons. The molecule has 1 heterocycles. The fourth-order valence-corrected chi connectivity index (χ4v) is 2.57. The van der Waals surface area contributed by atoms with E-state index in [0.717, 1.165) is 0 Å². The SMILES string of the molecule is NC1CCC(=O)NC(CS)C(=O)NCC(=O)OSSOC1=O. The summed E-state index contributed by atoms with van der Waals surface area (Å²) in [6, 6.07) is -1.90. The Morgan fingerprint density at radius 3 is 2.59 bits per heavy atom. The molecule has 4 N–H and O–H groups in total. The van der Waals surface area contributed by atoms with Gasteiger partial charge in [-0.1, -0.05) is 0 Å². The maximum atomic E-state index is 11.8. The van der Waals surface area contributed by atoms with Crippen LogP contribution in [0.5, 0.6) is 0 Å². The molecule has 0 aliphatic carbocycles. The second-order valence-corrected chi connectivity index (χ2v) is 5.95. The largest absolute Gasteiger partial charge is 0.375 e. The topological polar surface area (TPSA) is 137 Å². The third kappa shape index (κ3) is 6.77. The molecule has 1 saturated heterocycles. The first-order valence-corrected chi connectivity index (χ1v) is 8.75. The number of nitrogens with one attached hydrogen (secondary N) is 2. The van der Waals surface area contributed by atoms with Crippen molar-refractivity contribution >= 4 is 58.5 Å². The first kappa shape index (κ1) is 18.9. The number of nitrogens with two attached hydrogens (primary N) is 1. The highest BCUT2D eigenvalue weighted by molar-refractivity contribution is 8.73. The summed E-state index contributed by atoms with van der Waals surface area (Å²) in [4.78, 5) is 46.3. The lowest BCUT2D eigenvalue weighted by atomic mass is 10.1. The normalized spacial score (nSPS) is 25.9. The highest BCUT2D eigenvalue weighted by atomic mass is 33.1. The van der Waals surface area contributed by atoms with E-state index in [2.05, 4.69) is 31.6 Å². The molecule has 0 aromatic heterocycles. The van der Waals surface area contributed by atoms with Gasteiger partial charge >= 0.3 is 11.9 Å². The number of carbonyl (C=O) groups excluding carboxylic acids is 4. The van der Waals surface area contributed by atoms with Crippen molar-refractivity contribution in [3.8, 4) is 0 Å². The third-order valence-corrected chi connectivity index (χ3v) is 3.98. The molecule has 0 bridgehead atoms. The predicted molar refractivity (Wildman–Crippen MR) is 83.4 cm³/mol. The highest BCUT2D eigenvalue weighted by Crippen LogP contribution is 2.24. The van der Waals surface area contributed by atoms with E-state index in [4.69, 9.17) is 5.73 Å². The van der Waals surface area contributed by atoms with Crippen LogP contribution in [0.2, 0.25) is 0 Å². The van der Waals surface area contributed by atoms with E-state index in [1.54, 1.807) is 0 Å². The van der Waals surface area contributed by atoms with Crippen LogP contribution in [-0.4, -0.2) is 48.1 Å².